The maximum Gasteiger partial charge on any atom is 0.311 e. The molecule has 1 unspecified atom stereocenters. The molecule has 1 saturated heterocycles. The monoisotopic (exact) mass is 256 g/mol. The summed E-state index contributed by atoms with van der Waals surface area (Å²) < 4.78 is 5.43. The van der Waals surface area contributed by atoms with E-state index in [-0.39, 0.29) is 18.6 Å². The molecule has 2 aliphatic rings. The lowest BCUT2D eigenvalue weighted by atomic mass is 9.69. The highest BCUT2D eigenvalue weighted by molar-refractivity contribution is 5.79. The molecule has 0 spiro atoms. The van der Waals surface area contributed by atoms with Crippen molar-refractivity contribution >= 4 is 11.9 Å². The van der Waals surface area contributed by atoms with Crippen molar-refractivity contribution in [2.45, 2.75) is 31.8 Å². The predicted octanol–water partition coefficient (Wildman–Crippen LogP) is -0.264. The fraction of sp³-hybridized carbons (Fsp3) is 0.833. The van der Waals surface area contributed by atoms with Gasteiger partial charge in [-0.15, -0.1) is 0 Å². The van der Waals surface area contributed by atoms with Gasteiger partial charge in [-0.1, -0.05) is 6.42 Å². The van der Waals surface area contributed by atoms with Crippen LogP contribution in [0.3, 0.4) is 0 Å². The molecule has 2 rings (SSSR count). The number of carboxylic acid groups (broad SMARTS) is 1. The Balaban J connectivity index is 1.72. The van der Waals surface area contributed by atoms with E-state index in [0.29, 0.717) is 32.4 Å². The Hall–Kier alpha value is -1.14. The summed E-state index contributed by atoms with van der Waals surface area (Å²) in [5.74, 6) is -0.930. The molecule has 1 aliphatic heterocycles. The normalized spacial score (nSPS) is 26.1. The van der Waals surface area contributed by atoms with Gasteiger partial charge in [-0.3, -0.25) is 9.59 Å². The highest BCUT2D eigenvalue weighted by Crippen LogP contribution is 2.40. The largest absolute Gasteiger partial charge is 0.481 e. The molecule has 102 valence electrons. The van der Waals surface area contributed by atoms with Crippen LogP contribution < -0.4 is 10.6 Å². The van der Waals surface area contributed by atoms with Gasteiger partial charge >= 0.3 is 5.97 Å². The highest BCUT2D eigenvalue weighted by atomic mass is 16.5. The van der Waals surface area contributed by atoms with Gasteiger partial charge in [0.1, 0.15) is 0 Å². The third kappa shape index (κ3) is 3.00. The highest BCUT2D eigenvalue weighted by Gasteiger charge is 2.44. The van der Waals surface area contributed by atoms with Crippen LogP contribution in [0.5, 0.6) is 0 Å². The summed E-state index contributed by atoms with van der Waals surface area (Å²) in [6, 6.07) is 0. The third-order valence-electron chi connectivity index (χ3n) is 3.81. The second-order valence-electron chi connectivity index (χ2n) is 5.12. The number of nitrogens with one attached hydrogen (secondary N) is 2. The van der Waals surface area contributed by atoms with E-state index in [2.05, 4.69) is 10.6 Å². The van der Waals surface area contributed by atoms with Crippen molar-refractivity contribution in [1.29, 1.82) is 0 Å². The van der Waals surface area contributed by atoms with Gasteiger partial charge in [0.2, 0.25) is 5.91 Å². The quantitative estimate of drug-likeness (QED) is 0.630. The second-order valence-corrected chi connectivity index (χ2v) is 5.12. The standard InChI is InChI=1S/C12H20N2O4/c15-10(6-9-7-13-4-5-18-9)14-8-12(11(16)17)2-1-3-12/h9,13H,1-8H2,(H,14,15)(H,16,17). The summed E-state index contributed by atoms with van der Waals surface area (Å²) in [7, 11) is 0. The first-order chi connectivity index (χ1) is 8.62. The van der Waals surface area contributed by atoms with Crippen molar-refractivity contribution in [3.8, 4) is 0 Å². The van der Waals surface area contributed by atoms with Crippen LogP contribution in [0.2, 0.25) is 0 Å². The molecule has 1 saturated carbocycles. The molecule has 3 N–H and O–H groups in total. The summed E-state index contributed by atoms with van der Waals surface area (Å²) >= 11 is 0. The minimum absolute atomic E-state index is 0.0964. The van der Waals surface area contributed by atoms with Crippen LogP contribution in [0, 0.1) is 5.41 Å². The second kappa shape index (κ2) is 5.67. The van der Waals surface area contributed by atoms with Crippen molar-refractivity contribution in [3.05, 3.63) is 0 Å². The van der Waals surface area contributed by atoms with Crippen LogP contribution in [0.25, 0.3) is 0 Å². The van der Waals surface area contributed by atoms with E-state index < -0.39 is 11.4 Å². The van der Waals surface area contributed by atoms with Crippen molar-refractivity contribution < 1.29 is 19.4 Å². The van der Waals surface area contributed by atoms with E-state index in [1.807, 2.05) is 0 Å². The fourth-order valence-electron chi connectivity index (χ4n) is 2.37. The fourth-order valence-corrected chi connectivity index (χ4v) is 2.37. The lowest BCUT2D eigenvalue weighted by Gasteiger charge is -2.37. The van der Waals surface area contributed by atoms with Gasteiger partial charge in [0, 0.05) is 19.6 Å². The average Bonchev–Trinajstić information content (AvgIpc) is 2.28. The molecule has 0 radical (unpaired) electrons. The van der Waals surface area contributed by atoms with Crippen LogP contribution in [0.4, 0.5) is 0 Å². The number of carbonyl (C=O) groups is 2. The van der Waals surface area contributed by atoms with Crippen LogP contribution >= 0.6 is 0 Å². The molecule has 0 bridgehead atoms. The van der Waals surface area contributed by atoms with E-state index in [0.717, 1.165) is 13.0 Å². The van der Waals surface area contributed by atoms with Crippen LogP contribution in [0.15, 0.2) is 0 Å². The minimum atomic E-state index is -0.801. The maximum absolute atomic E-state index is 11.7. The summed E-state index contributed by atoms with van der Waals surface area (Å²) in [6.07, 6.45) is 2.44. The van der Waals surface area contributed by atoms with Crippen molar-refractivity contribution in [3.63, 3.8) is 0 Å². The number of morpholine rings is 1. The molecule has 1 aliphatic carbocycles. The number of hydrogen-bond acceptors (Lipinski definition) is 4. The first-order valence-corrected chi connectivity index (χ1v) is 6.45. The average molecular weight is 256 g/mol. The Morgan fingerprint density at radius 2 is 2.22 bits per heavy atom. The van der Waals surface area contributed by atoms with Crippen molar-refractivity contribution in [1.82, 2.24) is 10.6 Å². The number of amides is 1. The van der Waals surface area contributed by atoms with Gasteiger partial charge in [-0.25, -0.2) is 0 Å². The Morgan fingerprint density at radius 1 is 1.44 bits per heavy atom. The van der Waals surface area contributed by atoms with Gasteiger partial charge < -0.3 is 20.5 Å². The number of rotatable bonds is 5. The topological polar surface area (TPSA) is 87.7 Å². The molecule has 2 fully saturated rings. The SMILES string of the molecule is O=C(CC1CNCCO1)NCC1(C(=O)O)CCC1. The van der Waals surface area contributed by atoms with E-state index >= 15 is 0 Å². The Labute approximate surface area is 106 Å². The van der Waals surface area contributed by atoms with E-state index in [1.54, 1.807) is 0 Å². The molecule has 1 heterocycles. The van der Waals surface area contributed by atoms with Crippen LogP contribution in [-0.4, -0.2) is 49.3 Å². The molecule has 1 amide bonds. The van der Waals surface area contributed by atoms with Gasteiger partial charge in [0.15, 0.2) is 0 Å². The molecule has 18 heavy (non-hydrogen) atoms. The number of hydrogen-bond donors (Lipinski definition) is 3. The van der Waals surface area contributed by atoms with E-state index in [4.69, 9.17) is 9.84 Å². The van der Waals surface area contributed by atoms with Gasteiger partial charge in [0.05, 0.1) is 24.5 Å². The summed E-state index contributed by atoms with van der Waals surface area (Å²) in [6.45, 7) is 2.36. The first-order valence-electron chi connectivity index (χ1n) is 6.45. The number of carbonyl (C=O) groups excluding carboxylic acids is 1. The molecule has 0 aromatic rings. The predicted molar refractivity (Wildman–Crippen MR) is 64.2 cm³/mol. The molecular weight excluding hydrogens is 236 g/mol. The zero-order valence-electron chi connectivity index (χ0n) is 10.4. The number of aliphatic carboxylic acids is 1. The molecule has 0 aromatic carbocycles. The van der Waals surface area contributed by atoms with Crippen molar-refractivity contribution in [2.75, 3.05) is 26.2 Å². The summed E-state index contributed by atoms with van der Waals surface area (Å²) in [4.78, 5) is 22.8. The summed E-state index contributed by atoms with van der Waals surface area (Å²) in [5.41, 5.74) is -0.721. The van der Waals surface area contributed by atoms with Gasteiger partial charge in [0.25, 0.3) is 0 Å². The lowest BCUT2D eigenvalue weighted by Crippen LogP contribution is -2.48. The molecular formula is C12H20N2O4. The number of carboxylic acids is 1. The van der Waals surface area contributed by atoms with E-state index in [9.17, 15) is 9.59 Å². The van der Waals surface area contributed by atoms with Crippen LogP contribution in [-0.2, 0) is 14.3 Å². The Kier molecular flexibility index (Phi) is 4.19. The van der Waals surface area contributed by atoms with E-state index in [1.165, 1.54) is 0 Å². The number of ether oxygens (including phenoxy) is 1. The Morgan fingerprint density at radius 3 is 2.72 bits per heavy atom. The Bertz CT molecular complexity index is 322. The molecule has 1 atom stereocenters. The zero-order chi connectivity index (χ0) is 13.0. The van der Waals surface area contributed by atoms with Gasteiger partial charge in [-0.05, 0) is 12.8 Å². The molecule has 0 aromatic heterocycles. The van der Waals surface area contributed by atoms with Crippen molar-refractivity contribution in [2.24, 2.45) is 5.41 Å². The van der Waals surface area contributed by atoms with Crippen LogP contribution in [0.1, 0.15) is 25.7 Å². The molecule has 6 nitrogen and oxygen atoms in total. The third-order valence-corrected chi connectivity index (χ3v) is 3.81. The smallest absolute Gasteiger partial charge is 0.311 e. The first kappa shape index (κ1) is 13.3. The minimum Gasteiger partial charge on any atom is -0.481 e. The maximum atomic E-state index is 11.7. The lowest BCUT2D eigenvalue weighted by molar-refractivity contribution is -0.154. The zero-order valence-corrected chi connectivity index (χ0v) is 10.4. The molecule has 6 heteroatoms. The van der Waals surface area contributed by atoms with Gasteiger partial charge in [-0.2, -0.15) is 0 Å². The summed E-state index contributed by atoms with van der Waals surface area (Å²) in [5, 5.41) is 15.0.